The van der Waals surface area contributed by atoms with E-state index in [1.54, 1.807) is 24.3 Å². The van der Waals surface area contributed by atoms with E-state index in [2.05, 4.69) is 11.9 Å². The van der Waals surface area contributed by atoms with Gasteiger partial charge in [-0.05, 0) is 24.6 Å². The van der Waals surface area contributed by atoms with Gasteiger partial charge in [-0.3, -0.25) is 4.79 Å². The van der Waals surface area contributed by atoms with Gasteiger partial charge in [-0.25, -0.2) is 4.79 Å². The van der Waals surface area contributed by atoms with E-state index < -0.39 is 12.0 Å². The van der Waals surface area contributed by atoms with Crippen molar-refractivity contribution in [2.24, 2.45) is 0 Å². The standard InChI is InChI=1S/C16H21NO5/c1-3-9-21-11-14(16(19)20)17-15(18)10-12-5-7-13(8-6-12)22-4-2/h3,5-8,14H,1,4,9-11H2,2H3,(H,17,18)(H,19,20). The molecule has 0 aliphatic rings. The van der Waals surface area contributed by atoms with Crippen LogP contribution in [0.1, 0.15) is 12.5 Å². The molecule has 2 N–H and O–H groups in total. The first-order valence-corrected chi connectivity index (χ1v) is 6.99. The minimum absolute atomic E-state index is 0.0949. The molecule has 1 aromatic rings. The van der Waals surface area contributed by atoms with Crippen LogP contribution >= 0.6 is 0 Å². The van der Waals surface area contributed by atoms with Crippen LogP contribution in [0.3, 0.4) is 0 Å². The highest BCUT2D eigenvalue weighted by molar-refractivity contribution is 5.84. The summed E-state index contributed by atoms with van der Waals surface area (Å²) in [5.74, 6) is -0.782. The molecule has 0 radical (unpaired) electrons. The lowest BCUT2D eigenvalue weighted by Gasteiger charge is -2.14. The van der Waals surface area contributed by atoms with Gasteiger partial charge in [0.1, 0.15) is 5.75 Å². The molecule has 0 heterocycles. The maximum atomic E-state index is 11.9. The first-order chi connectivity index (χ1) is 10.6. The third kappa shape index (κ3) is 6.41. The highest BCUT2D eigenvalue weighted by atomic mass is 16.5. The average Bonchev–Trinajstić information content (AvgIpc) is 2.48. The molecule has 6 nitrogen and oxygen atoms in total. The molecule has 0 aliphatic carbocycles. The Hall–Kier alpha value is -2.34. The molecule has 0 saturated heterocycles. The van der Waals surface area contributed by atoms with Crippen LogP contribution in [0.4, 0.5) is 0 Å². The summed E-state index contributed by atoms with van der Waals surface area (Å²) >= 11 is 0. The number of hydrogen-bond donors (Lipinski definition) is 2. The SMILES string of the molecule is C=CCOCC(NC(=O)Cc1ccc(OCC)cc1)C(=O)O. The number of amides is 1. The number of carboxylic acids is 1. The lowest BCUT2D eigenvalue weighted by Crippen LogP contribution is -2.44. The van der Waals surface area contributed by atoms with Crippen LogP contribution in [0.2, 0.25) is 0 Å². The van der Waals surface area contributed by atoms with Crippen LogP contribution < -0.4 is 10.1 Å². The van der Waals surface area contributed by atoms with E-state index in [-0.39, 0.29) is 25.5 Å². The van der Waals surface area contributed by atoms with Gasteiger partial charge >= 0.3 is 5.97 Å². The number of hydrogen-bond acceptors (Lipinski definition) is 4. The van der Waals surface area contributed by atoms with Gasteiger partial charge in [-0.15, -0.1) is 6.58 Å². The monoisotopic (exact) mass is 307 g/mol. The van der Waals surface area contributed by atoms with Gasteiger partial charge in [0.25, 0.3) is 0 Å². The zero-order valence-electron chi connectivity index (χ0n) is 12.6. The average molecular weight is 307 g/mol. The van der Waals surface area contributed by atoms with E-state index in [9.17, 15) is 9.59 Å². The quantitative estimate of drug-likeness (QED) is 0.504. The van der Waals surface area contributed by atoms with Gasteiger partial charge < -0.3 is 19.9 Å². The fourth-order valence-electron chi connectivity index (χ4n) is 1.74. The first kappa shape index (κ1) is 17.7. The largest absolute Gasteiger partial charge is 0.494 e. The molecule has 22 heavy (non-hydrogen) atoms. The minimum atomic E-state index is -1.14. The Bertz CT molecular complexity index is 498. The van der Waals surface area contributed by atoms with Crippen molar-refractivity contribution in [2.45, 2.75) is 19.4 Å². The zero-order chi connectivity index (χ0) is 16.4. The molecule has 0 aliphatic heterocycles. The van der Waals surface area contributed by atoms with Gasteiger partial charge in [0.2, 0.25) is 5.91 Å². The summed E-state index contributed by atoms with van der Waals surface area (Å²) < 4.78 is 10.4. The summed E-state index contributed by atoms with van der Waals surface area (Å²) in [5.41, 5.74) is 0.775. The maximum absolute atomic E-state index is 11.9. The minimum Gasteiger partial charge on any atom is -0.494 e. The fraction of sp³-hybridized carbons (Fsp3) is 0.375. The van der Waals surface area contributed by atoms with Crippen LogP contribution in [0, 0.1) is 0 Å². The number of carboxylic acid groups (broad SMARTS) is 1. The second-order valence-electron chi connectivity index (χ2n) is 4.54. The summed E-state index contributed by atoms with van der Waals surface area (Å²) in [6, 6.07) is 6.01. The molecular weight excluding hydrogens is 286 g/mol. The van der Waals surface area contributed by atoms with Crippen LogP contribution in [-0.4, -0.2) is 42.8 Å². The van der Waals surface area contributed by atoms with Crippen LogP contribution in [0.5, 0.6) is 5.75 Å². The first-order valence-electron chi connectivity index (χ1n) is 6.99. The smallest absolute Gasteiger partial charge is 0.328 e. The third-order valence-electron chi connectivity index (χ3n) is 2.75. The maximum Gasteiger partial charge on any atom is 0.328 e. The summed E-state index contributed by atoms with van der Waals surface area (Å²) in [5, 5.41) is 11.5. The molecule has 0 aromatic heterocycles. The van der Waals surface area contributed by atoms with Gasteiger partial charge in [0.15, 0.2) is 6.04 Å². The summed E-state index contributed by atoms with van der Waals surface area (Å²) in [6.45, 7) is 6.07. The highest BCUT2D eigenvalue weighted by Gasteiger charge is 2.20. The van der Waals surface area contributed by atoms with Crippen molar-refractivity contribution >= 4 is 11.9 Å². The number of aliphatic carboxylic acids is 1. The van der Waals surface area contributed by atoms with E-state index in [0.717, 1.165) is 11.3 Å². The van der Waals surface area contributed by atoms with Crippen molar-refractivity contribution < 1.29 is 24.2 Å². The Balaban J connectivity index is 2.51. The molecule has 1 amide bonds. The Labute approximate surface area is 129 Å². The van der Waals surface area contributed by atoms with Crippen LogP contribution in [0.25, 0.3) is 0 Å². The van der Waals surface area contributed by atoms with E-state index in [1.807, 2.05) is 6.92 Å². The molecule has 1 aromatic carbocycles. The second-order valence-corrected chi connectivity index (χ2v) is 4.54. The number of carbonyl (C=O) groups is 2. The summed E-state index contributed by atoms with van der Waals surface area (Å²) in [7, 11) is 0. The molecule has 0 bridgehead atoms. The second kappa shape index (κ2) is 9.57. The van der Waals surface area contributed by atoms with Gasteiger partial charge in [-0.2, -0.15) is 0 Å². The molecule has 1 rings (SSSR count). The van der Waals surface area contributed by atoms with Gasteiger partial charge in [0.05, 0.1) is 26.2 Å². The van der Waals surface area contributed by atoms with E-state index >= 15 is 0 Å². The Kier molecular flexibility index (Phi) is 7.70. The van der Waals surface area contributed by atoms with Crippen LogP contribution in [-0.2, 0) is 20.7 Å². The Morgan fingerprint density at radius 3 is 2.59 bits per heavy atom. The van der Waals surface area contributed by atoms with Crippen molar-refractivity contribution in [3.63, 3.8) is 0 Å². The molecule has 6 heteroatoms. The molecule has 120 valence electrons. The van der Waals surface area contributed by atoms with E-state index in [1.165, 1.54) is 6.08 Å². The van der Waals surface area contributed by atoms with Gasteiger partial charge in [0, 0.05) is 0 Å². The van der Waals surface area contributed by atoms with Crippen molar-refractivity contribution in [1.82, 2.24) is 5.32 Å². The van der Waals surface area contributed by atoms with Crippen molar-refractivity contribution in [3.05, 3.63) is 42.5 Å². The lowest BCUT2D eigenvalue weighted by molar-refractivity contribution is -0.143. The molecular formula is C16H21NO5. The van der Waals surface area contributed by atoms with Crippen molar-refractivity contribution in [2.75, 3.05) is 19.8 Å². The number of rotatable bonds is 10. The Morgan fingerprint density at radius 1 is 1.36 bits per heavy atom. The molecule has 0 fully saturated rings. The third-order valence-corrected chi connectivity index (χ3v) is 2.75. The zero-order valence-corrected chi connectivity index (χ0v) is 12.6. The van der Waals surface area contributed by atoms with E-state index in [4.69, 9.17) is 14.6 Å². The number of nitrogens with one attached hydrogen (secondary N) is 1. The number of benzene rings is 1. The topological polar surface area (TPSA) is 84.9 Å². The fourth-order valence-corrected chi connectivity index (χ4v) is 1.74. The number of ether oxygens (including phenoxy) is 2. The van der Waals surface area contributed by atoms with E-state index in [0.29, 0.717) is 6.61 Å². The number of carbonyl (C=O) groups excluding carboxylic acids is 1. The predicted octanol–water partition coefficient (Wildman–Crippen LogP) is 1.40. The molecule has 1 unspecified atom stereocenters. The molecule has 0 saturated carbocycles. The molecule has 0 spiro atoms. The predicted molar refractivity (Wildman–Crippen MR) is 81.9 cm³/mol. The van der Waals surface area contributed by atoms with Gasteiger partial charge in [-0.1, -0.05) is 18.2 Å². The summed E-state index contributed by atoms with van der Waals surface area (Å²) in [6.07, 6.45) is 1.61. The lowest BCUT2D eigenvalue weighted by atomic mass is 10.1. The highest BCUT2D eigenvalue weighted by Crippen LogP contribution is 2.12. The molecule has 1 atom stereocenters. The normalized spacial score (nSPS) is 11.5. The Morgan fingerprint density at radius 2 is 2.05 bits per heavy atom. The van der Waals surface area contributed by atoms with Crippen molar-refractivity contribution in [1.29, 1.82) is 0 Å². The summed E-state index contributed by atoms with van der Waals surface area (Å²) in [4.78, 5) is 23.0. The van der Waals surface area contributed by atoms with Crippen molar-refractivity contribution in [3.8, 4) is 5.75 Å². The van der Waals surface area contributed by atoms with Crippen LogP contribution in [0.15, 0.2) is 36.9 Å².